The molecule has 1 aromatic carbocycles. The Kier molecular flexibility index (Phi) is 3.90. The summed E-state index contributed by atoms with van der Waals surface area (Å²) in [5.74, 6) is 0.725. The zero-order valence-corrected chi connectivity index (χ0v) is 10.2. The van der Waals surface area contributed by atoms with Gasteiger partial charge in [0.05, 0.1) is 5.56 Å². The summed E-state index contributed by atoms with van der Waals surface area (Å²) in [5, 5.41) is 0. The Labute approximate surface area is 108 Å². The number of H-pyrrole nitrogens is 1. The summed E-state index contributed by atoms with van der Waals surface area (Å²) in [6.07, 6.45) is -1.41. The highest BCUT2D eigenvalue weighted by Crippen LogP contribution is 2.29. The fraction of sp³-hybridized carbons (Fsp3) is 0.308. The van der Waals surface area contributed by atoms with Crippen LogP contribution in [0, 0.1) is 0 Å². The molecule has 2 rings (SSSR count). The first-order chi connectivity index (χ1) is 8.99. The maximum Gasteiger partial charge on any atom is 0.416 e. The molecule has 0 aliphatic carbocycles. The minimum absolute atomic E-state index is 0.475. The number of rotatable bonds is 4. The van der Waals surface area contributed by atoms with Gasteiger partial charge in [0, 0.05) is 24.7 Å². The third-order valence-electron chi connectivity index (χ3n) is 2.75. The van der Waals surface area contributed by atoms with E-state index in [1.54, 1.807) is 6.20 Å². The molecule has 6 heteroatoms. The van der Waals surface area contributed by atoms with Crippen LogP contribution in [0.25, 0.3) is 0 Å². The van der Waals surface area contributed by atoms with Gasteiger partial charge in [-0.05, 0) is 24.2 Å². The second-order valence-corrected chi connectivity index (χ2v) is 4.27. The van der Waals surface area contributed by atoms with Crippen LogP contribution in [-0.4, -0.2) is 16.5 Å². The molecule has 1 heterocycles. The molecule has 3 N–H and O–H groups in total. The van der Waals surface area contributed by atoms with Crippen LogP contribution in [0.15, 0.2) is 30.5 Å². The van der Waals surface area contributed by atoms with Crippen molar-refractivity contribution in [3.05, 3.63) is 53.1 Å². The molecule has 0 amide bonds. The molecule has 19 heavy (non-hydrogen) atoms. The third kappa shape index (κ3) is 3.57. The molecule has 0 saturated heterocycles. The number of nitrogens with zero attached hydrogens (tertiary/aromatic N) is 1. The number of hydrogen-bond acceptors (Lipinski definition) is 2. The first-order valence-electron chi connectivity index (χ1n) is 5.88. The minimum atomic E-state index is -4.29. The summed E-state index contributed by atoms with van der Waals surface area (Å²) in [7, 11) is 0. The number of nitrogens with two attached hydrogens (primary N) is 1. The minimum Gasteiger partial charge on any atom is -0.346 e. The van der Waals surface area contributed by atoms with Gasteiger partial charge in [-0.3, -0.25) is 0 Å². The lowest BCUT2D eigenvalue weighted by Crippen LogP contribution is -2.04. The van der Waals surface area contributed by atoms with Crippen LogP contribution < -0.4 is 5.73 Å². The molecule has 0 radical (unpaired) electrons. The van der Waals surface area contributed by atoms with Gasteiger partial charge in [0.15, 0.2) is 0 Å². The summed E-state index contributed by atoms with van der Waals surface area (Å²) in [6.45, 7) is 0.530. The molecular weight excluding hydrogens is 255 g/mol. The van der Waals surface area contributed by atoms with Gasteiger partial charge < -0.3 is 10.7 Å². The van der Waals surface area contributed by atoms with Crippen LogP contribution in [0.5, 0.6) is 0 Å². The van der Waals surface area contributed by atoms with E-state index in [0.717, 1.165) is 29.2 Å². The van der Waals surface area contributed by atoms with Crippen LogP contribution in [0.2, 0.25) is 0 Å². The van der Waals surface area contributed by atoms with Crippen molar-refractivity contribution >= 4 is 0 Å². The first-order valence-corrected chi connectivity index (χ1v) is 5.88. The van der Waals surface area contributed by atoms with Gasteiger partial charge in [-0.15, -0.1) is 0 Å². The highest BCUT2D eigenvalue weighted by Gasteiger charge is 2.29. The van der Waals surface area contributed by atoms with E-state index in [2.05, 4.69) is 9.97 Å². The highest BCUT2D eigenvalue weighted by molar-refractivity contribution is 5.26. The number of aromatic amines is 1. The Morgan fingerprint density at radius 2 is 1.84 bits per heavy atom. The second-order valence-electron chi connectivity index (χ2n) is 4.27. The predicted octanol–water partition coefficient (Wildman–Crippen LogP) is 2.52. The SMILES string of the molecule is NCCc1cnc(Cc2ccc(C(F)(F)F)cc2)[nH]1. The van der Waals surface area contributed by atoms with Gasteiger partial charge in [0.25, 0.3) is 0 Å². The molecule has 0 spiro atoms. The second kappa shape index (κ2) is 5.44. The van der Waals surface area contributed by atoms with Crippen molar-refractivity contribution in [2.45, 2.75) is 19.0 Å². The standard InChI is InChI=1S/C13H14F3N3/c14-13(15,16)10-3-1-9(2-4-10)7-12-18-8-11(19-12)5-6-17/h1-4,8H,5-7,17H2,(H,18,19). The summed E-state index contributed by atoms with van der Waals surface area (Å²) in [6, 6.07) is 5.10. The van der Waals surface area contributed by atoms with E-state index in [0.29, 0.717) is 19.4 Å². The van der Waals surface area contributed by atoms with E-state index in [-0.39, 0.29) is 0 Å². The molecule has 0 atom stereocenters. The first kappa shape index (κ1) is 13.6. The average Bonchev–Trinajstić information content (AvgIpc) is 2.77. The van der Waals surface area contributed by atoms with Crippen molar-refractivity contribution in [1.82, 2.24) is 9.97 Å². The Balaban J connectivity index is 2.06. The molecule has 0 aliphatic rings. The van der Waals surface area contributed by atoms with Crippen molar-refractivity contribution in [2.75, 3.05) is 6.54 Å². The molecule has 1 aromatic heterocycles. The number of halogens is 3. The Hall–Kier alpha value is -1.82. The quantitative estimate of drug-likeness (QED) is 0.896. The number of hydrogen-bond donors (Lipinski definition) is 2. The van der Waals surface area contributed by atoms with Crippen LogP contribution in [0.1, 0.15) is 22.6 Å². The zero-order valence-electron chi connectivity index (χ0n) is 10.2. The normalized spacial score (nSPS) is 11.8. The van der Waals surface area contributed by atoms with E-state index in [4.69, 9.17) is 5.73 Å². The number of imidazole rings is 1. The van der Waals surface area contributed by atoms with E-state index >= 15 is 0 Å². The van der Waals surface area contributed by atoms with Crippen LogP contribution >= 0.6 is 0 Å². The lowest BCUT2D eigenvalue weighted by atomic mass is 10.1. The van der Waals surface area contributed by atoms with Crippen LogP contribution in [0.3, 0.4) is 0 Å². The van der Waals surface area contributed by atoms with E-state index in [1.165, 1.54) is 12.1 Å². The van der Waals surface area contributed by atoms with Gasteiger partial charge in [0.2, 0.25) is 0 Å². The Bertz CT molecular complexity index is 529. The third-order valence-corrected chi connectivity index (χ3v) is 2.75. The maximum atomic E-state index is 12.4. The van der Waals surface area contributed by atoms with E-state index < -0.39 is 11.7 Å². The average molecular weight is 269 g/mol. The van der Waals surface area contributed by atoms with Gasteiger partial charge >= 0.3 is 6.18 Å². The molecule has 0 fully saturated rings. The predicted molar refractivity (Wildman–Crippen MR) is 65.6 cm³/mol. The molecule has 0 bridgehead atoms. The smallest absolute Gasteiger partial charge is 0.346 e. The van der Waals surface area contributed by atoms with Crippen LogP contribution in [-0.2, 0) is 19.0 Å². The summed E-state index contributed by atoms with van der Waals surface area (Å²) >= 11 is 0. The van der Waals surface area contributed by atoms with Gasteiger partial charge in [-0.25, -0.2) is 4.98 Å². The van der Waals surface area contributed by atoms with Gasteiger partial charge in [-0.1, -0.05) is 12.1 Å². The van der Waals surface area contributed by atoms with Crippen molar-refractivity contribution in [3.8, 4) is 0 Å². The van der Waals surface area contributed by atoms with E-state index in [9.17, 15) is 13.2 Å². The lowest BCUT2D eigenvalue weighted by molar-refractivity contribution is -0.137. The van der Waals surface area contributed by atoms with Crippen molar-refractivity contribution in [3.63, 3.8) is 0 Å². The number of benzene rings is 1. The maximum absolute atomic E-state index is 12.4. The van der Waals surface area contributed by atoms with Crippen molar-refractivity contribution in [1.29, 1.82) is 0 Å². The van der Waals surface area contributed by atoms with Gasteiger partial charge in [0.1, 0.15) is 5.82 Å². The summed E-state index contributed by atoms with van der Waals surface area (Å²) < 4.78 is 37.2. The number of nitrogens with one attached hydrogen (secondary N) is 1. The molecule has 0 unspecified atom stereocenters. The monoisotopic (exact) mass is 269 g/mol. The summed E-state index contributed by atoms with van der Waals surface area (Å²) in [5.41, 5.74) is 6.50. The number of aromatic nitrogens is 2. The Morgan fingerprint density at radius 3 is 2.42 bits per heavy atom. The zero-order chi connectivity index (χ0) is 13.9. The van der Waals surface area contributed by atoms with Crippen molar-refractivity contribution < 1.29 is 13.2 Å². The van der Waals surface area contributed by atoms with Gasteiger partial charge in [-0.2, -0.15) is 13.2 Å². The van der Waals surface area contributed by atoms with Crippen molar-refractivity contribution in [2.24, 2.45) is 5.73 Å². The molecule has 102 valence electrons. The lowest BCUT2D eigenvalue weighted by Gasteiger charge is -2.06. The largest absolute Gasteiger partial charge is 0.416 e. The molecule has 0 aliphatic heterocycles. The fourth-order valence-electron chi connectivity index (χ4n) is 1.78. The number of alkyl halides is 3. The van der Waals surface area contributed by atoms with Crippen LogP contribution in [0.4, 0.5) is 13.2 Å². The van der Waals surface area contributed by atoms with E-state index in [1.807, 2.05) is 0 Å². The fourth-order valence-corrected chi connectivity index (χ4v) is 1.78. The Morgan fingerprint density at radius 1 is 1.16 bits per heavy atom. The molecule has 0 saturated carbocycles. The summed E-state index contributed by atoms with van der Waals surface area (Å²) in [4.78, 5) is 7.26. The topological polar surface area (TPSA) is 54.7 Å². The molecular formula is C13H14F3N3. The molecule has 2 aromatic rings. The molecule has 3 nitrogen and oxygen atoms in total. The highest BCUT2D eigenvalue weighted by atomic mass is 19.4.